The van der Waals surface area contributed by atoms with Crippen LogP contribution in [0.5, 0.6) is 0 Å². The largest absolute Gasteiger partial charge is 0.254 e. The first-order valence-electron chi connectivity index (χ1n) is 9.71. The van der Waals surface area contributed by atoms with Gasteiger partial charge in [-0.15, -0.1) is 0 Å². The van der Waals surface area contributed by atoms with Crippen LogP contribution in [0.4, 0.5) is 0 Å². The molecule has 0 unspecified atom stereocenters. The predicted octanol–water partition coefficient (Wildman–Crippen LogP) is 5.78. The Kier molecular flexibility index (Phi) is 3.37. The highest BCUT2D eigenvalue weighted by Crippen LogP contribution is 2.42. The standard InChI is InChI=1S/C23H25N3/c1-15-13-20-18-9-8-17(14-23(3)10-4-5-11-23)16(2)21(18)22-19(26(20)25-15)7-6-12-24-22/h6-9,12-13H,4-5,10-11,14H2,1-3H3. The second-order valence-corrected chi connectivity index (χ2v) is 8.42. The van der Waals surface area contributed by atoms with Gasteiger partial charge in [0.05, 0.1) is 22.2 Å². The number of pyridine rings is 2. The lowest BCUT2D eigenvalue weighted by atomic mass is 9.80. The summed E-state index contributed by atoms with van der Waals surface area (Å²) in [5, 5.41) is 7.27. The molecule has 1 saturated carbocycles. The lowest BCUT2D eigenvalue weighted by Gasteiger charge is -2.25. The van der Waals surface area contributed by atoms with E-state index in [9.17, 15) is 0 Å². The van der Waals surface area contributed by atoms with Crippen LogP contribution in [-0.2, 0) is 6.42 Å². The molecule has 0 N–H and O–H groups in total. The molecule has 3 heterocycles. The third-order valence-electron chi connectivity index (χ3n) is 6.36. The molecule has 3 heteroatoms. The minimum absolute atomic E-state index is 0.457. The summed E-state index contributed by atoms with van der Waals surface area (Å²) in [6, 6.07) is 11.0. The van der Waals surface area contributed by atoms with Crippen LogP contribution in [0.3, 0.4) is 0 Å². The molecule has 0 amide bonds. The average molecular weight is 343 g/mol. The minimum Gasteiger partial charge on any atom is -0.254 e. The third-order valence-corrected chi connectivity index (χ3v) is 6.36. The van der Waals surface area contributed by atoms with Gasteiger partial charge >= 0.3 is 0 Å². The van der Waals surface area contributed by atoms with Crippen LogP contribution in [0.1, 0.15) is 49.4 Å². The molecule has 132 valence electrons. The Morgan fingerprint density at radius 3 is 2.69 bits per heavy atom. The van der Waals surface area contributed by atoms with E-state index in [0.29, 0.717) is 5.41 Å². The highest BCUT2D eigenvalue weighted by atomic mass is 15.2. The third kappa shape index (κ3) is 2.26. The second kappa shape index (κ2) is 5.54. The van der Waals surface area contributed by atoms with Gasteiger partial charge in [0.2, 0.25) is 0 Å². The summed E-state index contributed by atoms with van der Waals surface area (Å²) < 4.78 is 2.05. The van der Waals surface area contributed by atoms with Crippen molar-refractivity contribution in [1.82, 2.24) is 14.6 Å². The van der Waals surface area contributed by atoms with Crippen molar-refractivity contribution in [3.05, 3.63) is 53.3 Å². The zero-order valence-electron chi connectivity index (χ0n) is 15.8. The quantitative estimate of drug-likeness (QED) is 0.432. The van der Waals surface area contributed by atoms with E-state index in [1.54, 1.807) is 0 Å². The van der Waals surface area contributed by atoms with Gasteiger partial charge in [-0.05, 0) is 67.9 Å². The van der Waals surface area contributed by atoms with Crippen molar-refractivity contribution >= 4 is 27.3 Å². The van der Waals surface area contributed by atoms with E-state index in [0.717, 1.165) is 16.7 Å². The zero-order chi connectivity index (χ0) is 17.9. The fourth-order valence-corrected chi connectivity index (χ4v) is 4.97. The van der Waals surface area contributed by atoms with Crippen molar-refractivity contribution < 1.29 is 0 Å². The highest BCUT2D eigenvalue weighted by molar-refractivity contribution is 6.12. The smallest absolute Gasteiger partial charge is 0.0968 e. The summed E-state index contributed by atoms with van der Waals surface area (Å²) in [7, 11) is 0. The Morgan fingerprint density at radius 1 is 1.08 bits per heavy atom. The molecule has 3 aromatic heterocycles. The van der Waals surface area contributed by atoms with Crippen LogP contribution < -0.4 is 0 Å². The van der Waals surface area contributed by atoms with Gasteiger partial charge in [0.15, 0.2) is 0 Å². The van der Waals surface area contributed by atoms with Crippen LogP contribution in [0, 0.1) is 19.3 Å². The van der Waals surface area contributed by atoms with E-state index in [4.69, 9.17) is 10.1 Å². The highest BCUT2D eigenvalue weighted by Gasteiger charge is 2.29. The minimum atomic E-state index is 0.457. The first kappa shape index (κ1) is 15.8. The molecule has 4 aromatic rings. The van der Waals surface area contributed by atoms with Crippen LogP contribution >= 0.6 is 0 Å². The maximum Gasteiger partial charge on any atom is 0.0968 e. The van der Waals surface area contributed by atoms with Gasteiger partial charge in [0, 0.05) is 17.0 Å². The van der Waals surface area contributed by atoms with E-state index >= 15 is 0 Å². The van der Waals surface area contributed by atoms with Gasteiger partial charge < -0.3 is 0 Å². The van der Waals surface area contributed by atoms with E-state index in [1.807, 2.05) is 12.3 Å². The van der Waals surface area contributed by atoms with Crippen LogP contribution in [0.25, 0.3) is 27.3 Å². The van der Waals surface area contributed by atoms with Crippen LogP contribution in [-0.4, -0.2) is 14.6 Å². The van der Waals surface area contributed by atoms with Crippen LogP contribution in [0.15, 0.2) is 36.5 Å². The maximum absolute atomic E-state index is 4.76. The summed E-state index contributed by atoms with van der Waals surface area (Å²) in [4.78, 5) is 4.76. The Labute approximate surface area is 154 Å². The summed E-state index contributed by atoms with van der Waals surface area (Å²) >= 11 is 0. The molecule has 0 spiro atoms. The first-order valence-corrected chi connectivity index (χ1v) is 9.71. The number of hydrogen-bond donors (Lipinski definition) is 0. The van der Waals surface area contributed by atoms with Gasteiger partial charge in [-0.3, -0.25) is 4.98 Å². The Balaban J connectivity index is 1.84. The van der Waals surface area contributed by atoms with E-state index < -0.39 is 0 Å². The lowest BCUT2D eigenvalue weighted by Crippen LogP contribution is -2.15. The van der Waals surface area contributed by atoms with Crippen LogP contribution in [0.2, 0.25) is 0 Å². The van der Waals surface area contributed by atoms with Crippen molar-refractivity contribution in [3.63, 3.8) is 0 Å². The zero-order valence-corrected chi connectivity index (χ0v) is 15.8. The molecule has 3 nitrogen and oxygen atoms in total. The first-order chi connectivity index (χ1) is 12.6. The lowest BCUT2D eigenvalue weighted by molar-refractivity contribution is 0.334. The number of rotatable bonds is 2. The van der Waals surface area contributed by atoms with Crippen molar-refractivity contribution in [2.45, 2.75) is 52.9 Å². The number of benzene rings is 1. The summed E-state index contributed by atoms with van der Waals surface area (Å²) in [6.07, 6.45) is 8.53. The molecule has 0 aliphatic heterocycles. The Morgan fingerprint density at radius 2 is 1.88 bits per heavy atom. The molecule has 1 aromatic carbocycles. The van der Waals surface area contributed by atoms with Crippen molar-refractivity contribution in [3.8, 4) is 0 Å². The molecule has 5 rings (SSSR count). The van der Waals surface area contributed by atoms with Gasteiger partial charge in [-0.1, -0.05) is 31.9 Å². The maximum atomic E-state index is 4.76. The molecule has 0 atom stereocenters. The van der Waals surface area contributed by atoms with Gasteiger partial charge in [-0.25, -0.2) is 4.52 Å². The van der Waals surface area contributed by atoms with Gasteiger partial charge in [0.25, 0.3) is 0 Å². The van der Waals surface area contributed by atoms with E-state index in [2.05, 4.69) is 49.6 Å². The SMILES string of the molecule is Cc1cc2c3ccc(CC4(C)CCCC4)c(C)c3c3ncccc3n2n1. The number of nitrogens with zero attached hydrogens (tertiary/aromatic N) is 3. The average Bonchev–Trinajstić information content (AvgIpc) is 3.23. The van der Waals surface area contributed by atoms with E-state index in [-0.39, 0.29) is 0 Å². The summed E-state index contributed by atoms with van der Waals surface area (Å²) in [5.74, 6) is 0. The fourth-order valence-electron chi connectivity index (χ4n) is 4.97. The monoisotopic (exact) mass is 343 g/mol. The Hall–Kier alpha value is -2.42. The van der Waals surface area contributed by atoms with Crippen molar-refractivity contribution in [2.75, 3.05) is 0 Å². The number of aryl methyl sites for hydroxylation is 2. The number of fused-ring (bicyclic) bond motifs is 6. The fraction of sp³-hybridized carbons (Fsp3) is 0.391. The molecule has 1 aliphatic rings. The van der Waals surface area contributed by atoms with Crippen molar-refractivity contribution in [1.29, 1.82) is 0 Å². The summed E-state index contributed by atoms with van der Waals surface area (Å²) in [5.41, 5.74) is 7.71. The number of aromatic nitrogens is 3. The predicted molar refractivity (Wildman–Crippen MR) is 108 cm³/mol. The molecular formula is C23H25N3. The van der Waals surface area contributed by atoms with Gasteiger partial charge in [0.1, 0.15) is 0 Å². The van der Waals surface area contributed by atoms with Crippen molar-refractivity contribution in [2.24, 2.45) is 5.41 Å². The molecule has 0 bridgehead atoms. The van der Waals surface area contributed by atoms with Gasteiger partial charge in [-0.2, -0.15) is 5.10 Å². The topological polar surface area (TPSA) is 30.2 Å². The molecule has 1 fully saturated rings. The number of hydrogen-bond acceptors (Lipinski definition) is 2. The molecule has 0 saturated heterocycles. The Bertz CT molecular complexity index is 1150. The molecule has 26 heavy (non-hydrogen) atoms. The van der Waals surface area contributed by atoms with E-state index in [1.165, 1.54) is 59.5 Å². The summed E-state index contributed by atoms with van der Waals surface area (Å²) in [6.45, 7) is 6.80. The second-order valence-electron chi connectivity index (χ2n) is 8.42. The normalized spacial score (nSPS) is 16.9. The molecule has 0 radical (unpaired) electrons. The molecule has 1 aliphatic carbocycles. The molecular weight excluding hydrogens is 318 g/mol.